The largest absolute Gasteiger partial charge is 0.342 e. The average molecular weight is 658 g/mol. The van der Waals surface area contributed by atoms with Crippen LogP contribution in [0.3, 0.4) is 0 Å². The highest BCUT2D eigenvalue weighted by Crippen LogP contribution is 2.27. The molecule has 2 heterocycles. The number of allylic oxidation sites excluding steroid dienone is 3. The Morgan fingerprint density at radius 2 is 1.78 bits per heavy atom. The number of aliphatic imine (C=N–C) groups is 1. The van der Waals surface area contributed by atoms with Crippen LogP contribution in [0.2, 0.25) is 5.02 Å². The van der Waals surface area contributed by atoms with Gasteiger partial charge in [0.1, 0.15) is 25.2 Å². The van der Waals surface area contributed by atoms with Crippen molar-refractivity contribution in [1.82, 2.24) is 10.2 Å². The van der Waals surface area contributed by atoms with Crippen LogP contribution in [0.25, 0.3) is 10.1 Å². The minimum absolute atomic E-state index is 0.0787. The first-order chi connectivity index (χ1) is 21.5. The second-order valence-corrected chi connectivity index (χ2v) is 11.7. The molecule has 0 aliphatic carbocycles. The molecular formula is C35H45ClFN3O4S. The maximum Gasteiger partial charge on any atom is 0.253 e. The normalized spacial score (nSPS) is 13.3. The third-order valence-electron chi connectivity index (χ3n) is 6.50. The summed E-state index contributed by atoms with van der Waals surface area (Å²) in [4.78, 5) is 46.0. The quantitative estimate of drug-likeness (QED) is 0.266. The smallest absolute Gasteiger partial charge is 0.253 e. The lowest BCUT2D eigenvalue weighted by Crippen LogP contribution is -2.31. The van der Waals surface area contributed by atoms with E-state index in [1.807, 2.05) is 51.1 Å². The summed E-state index contributed by atoms with van der Waals surface area (Å²) in [5.41, 5.74) is 0.925. The van der Waals surface area contributed by atoms with Crippen LogP contribution in [0.4, 0.5) is 4.39 Å². The molecule has 1 aliphatic rings. The van der Waals surface area contributed by atoms with Crippen molar-refractivity contribution < 1.29 is 23.6 Å². The lowest BCUT2D eigenvalue weighted by atomic mass is 10.1. The Labute approximate surface area is 275 Å². The van der Waals surface area contributed by atoms with E-state index in [1.165, 1.54) is 21.0 Å². The van der Waals surface area contributed by atoms with Crippen molar-refractivity contribution in [2.45, 2.75) is 53.0 Å². The highest BCUT2D eigenvalue weighted by molar-refractivity contribution is 7.19. The summed E-state index contributed by atoms with van der Waals surface area (Å²) < 4.78 is 14.8. The molecule has 2 unspecified atom stereocenters. The lowest BCUT2D eigenvalue weighted by Gasteiger charge is -2.19. The van der Waals surface area contributed by atoms with Gasteiger partial charge < -0.3 is 19.8 Å². The second-order valence-electron chi connectivity index (χ2n) is 9.95. The number of nitrogens with one attached hydrogen (secondary N) is 1. The minimum Gasteiger partial charge on any atom is -0.342 e. The van der Waals surface area contributed by atoms with Crippen molar-refractivity contribution in [2.24, 2.45) is 10.9 Å². The topological polar surface area (TPSA) is 95.9 Å². The van der Waals surface area contributed by atoms with E-state index < -0.39 is 0 Å². The van der Waals surface area contributed by atoms with Crippen molar-refractivity contribution in [3.8, 4) is 0 Å². The third-order valence-corrected chi connectivity index (χ3v) is 7.75. The number of thiophene rings is 1. The van der Waals surface area contributed by atoms with Crippen LogP contribution in [-0.2, 0) is 14.4 Å². The number of carbonyl (C=O) groups excluding carboxylic acids is 4. The molecule has 1 aromatic heterocycles. The number of rotatable bonds is 8. The fourth-order valence-corrected chi connectivity index (χ4v) is 5.26. The predicted octanol–water partition coefficient (Wildman–Crippen LogP) is 7.82. The number of hydrogen-bond acceptors (Lipinski definition) is 7. The molecular weight excluding hydrogens is 613 g/mol. The molecule has 4 rings (SSSR count). The van der Waals surface area contributed by atoms with E-state index in [1.54, 1.807) is 55.5 Å². The summed E-state index contributed by atoms with van der Waals surface area (Å²) in [5, 5.41) is 5.06. The molecule has 0 fully saturated rings. The van der Waals surface area contributed by atoms with E-state index in [-0.39, 0.29) is 29.5 Å². The van der Waals surface area contributed by atoms with Gasteiger partial charge in [0.05, 0.1) is 6.04 Å². The van der Waals surface area contributed by atoms with Crippen LogP contribution in [0.1, 0.15) is 53.9 Å². The molecule has 0 saturated heterocycles. The minimum atomic E-state index is -0.348. The van der Waals surface area contributed by atoms with Crippen LogP contribution in [0, 0.1) is 25.6 Å². The molecule has 2 aromatic carbocycles. The third kappa shape index (κ3) is 15.7. The Kier molecular flexibility index (Phi) is 21.6. The number of hydrogen-bond donors (Lipinski definition) is 1. The first-order valence-corrected chi connectivity index (χ1v) is 15.5. The number of ketones is 1. The van der Waals surface area contributed by atoms with E-state index in [9.17, 15) is 14.0 Å². The second kappa shape index (κ2) is 23.6. The van der Waals surface area contributed by atoms with E-state index >= 15 is 0 Å². The number of carbonyl (C=O) groups is 4. The number of aryl methyl sites for hydroxylation is 2. The van der Waals surface area contributed by atoms with Crippen molar-refractivity contribution in [3.05, 3.63) is 93.7 Å². The van der Waals surface area contributed by atoms with E-state index in [2.05, 4.69) is 42.4 Å². The summed E-state index contributed by atoms with van der Waals surface area (Å²) in [5.74, 6) is -0.0647. The number of benzene rings is 2. The van der Waals surface area contributed by atoms with Crippen molar-refractivity contribution in [3.63, 3.8) is 0 Å². The zero-order valence-corrected chi connectivity index (χ0v) is 28.6. The van der Waals surface area contributed by atoms with Crippen molar-refractivity contribution in [2.75, 3.05) is 20.6 Å². The zero-order chi connectivity index (χ0) is 34.4. The molecule has 0 saturated carbocycles. The molecule has 45 heavy (non-hydrogen) atoms. The van der Waals surface area contributed by atoms with Gasteiger partial charge in [0.15, 0.2) is 0 Å². The fraction of sp³-hybridized carbons (Fsp3) is 0.343. The van der Waals surface area contributed by atoms with Gasteiger partial charge in [-0.1, -0.05) is 49.2 Å². The molecule has 0 spiro atoms. The molecule has 3 aromatic rings. The van der Waals surface area contributed by atoms with Gasteiger partial charge in [0.2, 0.25) is 0 Å². The first kappa shape index (κ1) is 41.2. The van der Waals surface area contributed by atoms with Crippen molar-refractivity contribution in [1.29, 1.82) is 0 Å². The van der Waals surface area contributed by atoms with Gasteiger partial charge >= 0.3 is 0 Å². The zero-order valence-electron chi connectivity index (χ0n) is 27.0. The summed E-state index contributed by atoms with van der Waals surface area (Å²) >= 11 is 7.62. The molecule has 1 N–H and O–H groups in total. The summed E-state index contributed by atoms with van der Waals surface area (Å²) in [6, 6.07) is 12.8. The van der Waals surface area contributed by atoms with E-state index in [0.717, 1.165) is 24.3 Å². The summed E-state index contributed by atoms with van der Waals surface area (Å²) in [6.07, 6.45) is 12.3. The van der Waals surface area contributed by atoms with Gasteiger partial charge in [-0.3, -0.25) is 14.6 Å². The van der Waals surface area contributed by atoms with Crippen LogP contribution in [-0.4, -0.2) is 63.1 Å². The number of fused-ring (bicyclic) bond motifs is 1. The lowest BCUT2D eigenvalue weighted by molar-refractivity contribution is -0.119. The number of Topliss-reactive ketones (excluding diaryl/α,β-unsaturated/α-hetero) is 1. The Morgan fingerprint density at radius 3 is 2.36 bits per heavy atom. The van der Waals surface area contributed by atoms with Gasteiger partial charge in [-0.05, 0) is 88.0 Å². The van der Waals surface area contributed by atoms with E-state index in [4.69, 9.17) is 21.2 Å². The molecule has 0 radical (unpaired) electrons. The maximum absolute atomic E-state index is 13.5. The van der Waals surface area contributed by atoms with Gasteiger partial charge in [-0.2, -0.15) is 0 Å². The molecule has 0 bridgehead atoms. The standard InChI is InChI=1S/C17H19FN2O.C9H7ClS.C7H15NO.2CH2O/c1-13-6-7-15(11-16(13)18)17(21)20(2)10-8-14-5-3-4-9-19-12-14;1-6-4-7-2-3-8(10)5-9(7)11-6;1-4-5-7(8-3)6(2)9;2*1-2/h3-7,9,11-12,14H,8,10H2,1-2H3;2-5H,1H3;7-8H,4-5H2,1-3H3;2*1H2. The molecule has 1 aliphatic heterocycles. The first-order valence-electron chi connectivity index (χ1n) is 14.3. The van der Waals surface area contributed by atoms with Gasteiger partial charge in [-0.15, -0.1) is 11.3 Å². The number of nitrogens with zero attached hydrogens (tertiary/aromatic N) is 2. The van der Waals surface area contributed by atoms with Gasteiger partial charge in [0, 0.05) is 52.1 Å². The predicted molar refractivity (Wildman–Crippen MR) is 187 cm³/mol. The molecule has 2 atom stereocenters. The SMILES string of the molecule is C=O.C=O.CCCC(NC)C(C)=O.Cc1cc2ccc(Cl)cc2s1.Cc1ccc(C(=O)N(C)CCC2C=CC=CN=C2)cc1F. The highest BCUT2D eigenvalue weighted by Gasteiger charge is 2.14. The monoisotopic (exact) mass is 657 g/mol. The van der Waals surface area contributed by atoms with Gasteiger partial charge in [-0.25, -0.2) is 4.39 Å². The fourth-order valence-electron chi connectivity index (χ4n) is 4.05. The summed E-state index contributed by atoms with van der Waals surface area (Å²) in [6.45, 7) is 12.1. The molecule has 1 amide bonds. The van der Waals surface area contributed by atoms with Crippen molar-refractivity contribution >= 4 is 64.5 Å². The molecule has 7 nitrogen and oxygen atoms in total. The summed E-state index contributed by atoms with van der Waals surface area (Å²) in [7, 11) is 3.55. The van der Waals surface area contributed by atoms with Gasteiger partial charge in [0.25, 0.3) is 5.91 Å². The van der Waals surface area contributed by atoms with Crippen LogP contribution in [0.5, 0.6) is 0 Å². The van der Waals surface area contributed by atoms with Crippen LogP contribution >= 0.6 is 22.9 Å². The number of halogens is 2. The Morgan fingerprint density at radius 1 is 1.09 bits per heavy atom. The average Bonchev–Trinajstić information content (AvgIpc) is 3.22. The number of amides is 1. The van der Waals surface area contributed by atoms with Crippen LogP contribution in [0.15, 0.2) is 71.9 Å². The molecule has 244 valence electrons. The molecule has 10 heteroatoms. The Bertz CT molecular complexity index is 1410. The Hall–Kier alpha value is -3.79. The maximum atomic E-state index is 13.5. The van der Waals surface area contributed by atoms with Crippen LogP contribution < -0.4 is 5.32 Å². The highest BCUT2D eigenvalue weighted by atomic mass is 35.5. The number of likely N-dealkylation sites (N-methyl/N-ethyl adjacent to an activating group) is 1. The Balaban J connectivity index is 0.000000677. The van der Waals surface area contributed by atoms with E-state index in [0.29, 0.717) is 17.7 Å².